The number of methoxy groups -OCH3 is 1. The summed E-state index contributed by atoms with van der Waals surface area (Å²) >= 11 is 12.4. The molecule has 11 heteroatoms. The molecular weight excluding hydrogens is 470 g/mol. The normalized spacial score (nSPS) is 14.8. The smallest absolute Gasteiger partial charge is 0.417 e. The summed E-state index contributed by atoms with van der Waals surface area (Å²) in [5.41, 5.74) is -0.548. The Hall–Kier alpha value is -2.39. The van der Waals surface area contributed by atoms with Crippen molar-refractivity contribution in [1.29, 1.82) is 0 Å². The zero-order valence-corrected chi connectivity index (χ0v) is 19.0. The van der Waals surface area contributed by atoms with E-state index in [1.165, 1.54) is 13.2 Å². The second-order valence-corrected chi connectivity index (χ2v) is 7.90. The number of carbonyl (C=O) groups is 1. The average Bonchev–Trinajstić information content (AvgIpc) is 3.00. The van der Waals surface area contributed by atoms with Gasteiger partial charge in [-0.05, 0) is 31.5 Å². The number of pyridine rings is 1. The van der Waals surface area contributed by atoms with Crippen LogP contribution in [0.1, 0.15) is 29.3 Å². The van der Waals surface area contributed by atoms with E-state index >= 15 is 0 Å². The zero-order chi connectivity index (χ0) is 23.5. The van der Waals surface area contributed by atoms with Crippen molar-refractivity contribution >= 4 is 34.9 Å². The van der Waals surface area contributed by atoms with Gasteiger partial charge in [-0.3, -0.25) is 4.79 Å². The highest BCUT2D eigenvalue weighted by atomic mass is 35.5. The van der Waals surface area contributed by atoms with E-state index in [4.69, 9.17) is 32.7 Å². The fourth-order valence-corrected chi connectivity index (χ4v) is 4.01. The summed E-state index contributed by atoms with van der Waals surface area (Å²) in [6, 6.07) is 3.98. The average molecular weight is 492 g/mol. The molecule has 2 heterocycles. The van der Waals surface area contributed by atoms with Gasteiger partial charge in [0, 0.05) is 37.9 Å². The molecule has 1 aliphatic rings. The van der Waals surface area contributed by atoms with Gasteiger partial charge >= 0.3 is 6.18 Å². The predicted octanol–water partition coefficient (Wildman–Crippen LogP) is 5.17. The molecule has 0 radical (unpaired) electrons. The quantitative estimate of drug-likeness (QED) is 0.577. The van der Waals surface area contributed by atoms with Crippen molar-refractivity contribution in [3.63, 3.8) is 0 Å². The first-order valence-electron chi connectivity index (χ1n) is 9.93. The van der Waals surface area contributed by atoms with Crippen molar-refractivity contribution in [3.8, 4) is 11.5 Å². The van der Waals surface area contributed by atoms with Gasteiger partial charge < -0.3 is 19.3 Å². The van der Waals surface area contributed by atoms with E-state index in [-0.39, 0.29) is 21.8 Å². The van der Waals surface area contributed by atoms with Gasteiger partial charge in [-0.1, -0.05) is 23.2 Å². The van der Waals surface area contributed by atoms with Crippen molar-refractivity contribution in [2.45, 2.75) is 19.5 Å². The second kappa shape index (κ2) is 10.0. The molecule has 6 nitrogen and oxygen atoms in total. The molecule has 0 unspecified atom stereocenters. The number of halogens is 5. The summed E-state index contributed by atoms with van der Waals surface area (Å²) in [5.74, 6) is 0.763. The van der Waals surface area contributed by atoms with Gasteiger partial charge in [-0.15, -0.1) is 0 Å². The fraction of sp³-hybridized carbons (Fsp3) is 0.429. The number of amides is 1. The third-order valence-electron chi connectivity index (χ3n) is 5.00. The largest absolute Gasteiger partial charge is 0.493 e. The van der Waals surface area contributed by atoms with Crippen LogP contribution >= 0.6 is 23.2 Å². The third kappa shape index (κ3) is 5.32. The molecule has 174 valence electrons. The topological polar surface area (TPSA) is 54.9 Å². The fourth-order valence-electron chi connectivity index (χ4n) is 3.46. The van der Waals surface area contributed by atoms with Gasteiger partial charge in [0.1, 0.15) is 5.82 Å². The number of hydrogen-bond acceptors (Lipinski definition) is 5. The molecule has 0 atom stereocenters. The Balaban J connectivity index is 1.76. The lowest BCUT2D eigenvalue weighted by Crippen LogP contribution is -2.35. The van der Waals surface area contributed by atoms with Gasteiger partial charge in [0.2, 0.25) is 0 Å². The Morgan fingerprint density at radius 3 is 2.50 bits per heavy atom. The first kappa shape index (κ1) is 24.3. The van der Waals surface area contributed by atoms with Gasteiger partial charge in [0.25, 0.3) is 5.91 Å². The summed E-state index contributed by atoms with van der Waals surface area (Å²) in [6.45, 7) is 3.87. The van der Waals surface area contributed by atoms with Crippen LogP contribution in [-0.2, 0) is 6.18 Å². The Bertz CT molecular complexity index is 989. The van der Waals surface area contributed by atoms with Gasteiger partial charge in [0.05, 0.1) is 29.3 Å². The number of hydrogen-bond donors (Lipinski definition) is 0. The van der Waals surface area contributed by atoms with Gasteiger partial charge in [0.15, 0.2) is 11.5 Å². The first-order chi connectivity index (χ1) is 15.2. The highest BCUT2D eigenvalue weighted by Crippen LogP contribution is 2.37. The van der Waals surface area contributed by atoms with Crippen molar-refractivity contribution < 1.29 is 27.4 Å². The Morgan fingerprint density at radius 2 is 1.88 bits per heavy atom. The maximum Gasteiger partial charge on any atom is 0.417 e. The van der Waals surface area contributed by atoms with Crippen LogP contribution in [0.4, 0.5) is 19.0 Å². The molecule has 3 rings (SSSR count). The van der Waals surface area contributed by atoms with Gasteiger partial charge in [-0.2, -0.15) is 13.2 Å². The molecule has 1 aromatic heterocycles. The molecule has 1 aromatic carbocycles. The van der Waals surface area contributed by atoms with Crippen molar-refractivity contribution in [2.75, 3.05) is 44.8 Å². The van der Waals surface area contributed by atoms with Crippen molar-refractivity contribution in [2.24, 2.45) is 0 Å². The Kier molecular flexibility index (Phi) is 7.61. The van der Waals surface area contributed by atoms with Crippen LogP contribution in [0.15, 0.2) is 24.4 Å². The summed E-state index contributed by atoms with van der Waals surface area (Å²) in [7, 11) is 1.47. The molecule has 0 bridgehead atoms. The maximum absolute atomic E-state index is 13.1. The van der Waals surface area contributed by atoms with Crippen LogP contribution in [-0.4, -0.2) is 55.7 Å². The van der Waals surface area contributed by atoms with E-state index in [1.807, 2.05) is 6.92 Å². The van der Waals surface area contributed by atoms with E-state index in [2.05, 4.69) is 4.98 Å². The minimum absolute atomic E-state index is 0.0809. The van der Waals surface area contributed by atoms with Crippen molar-refractivity contribution in [1.82, 2.24) is 9.88 Å². The Labute approximate surface area is 193 Å². The van der Waals surface area contributed by atoms with Crippen LogP contribution < -0.4 is 14.4 Å². The van der Waals surface area contributed by atoms with E-state index in [1.54, 1.807) is 15.9 Å². The molecule has 1 aliphatic heterocycles. The molecule has 1 amide bonds. The first-order valence-corrected chi connectivity index (χ1v) is 10.7. The number of alkyl halides is 3. The minimum atomic E-state index is -4.52. The molecule has 1 fully saturated rings. The molecule has 0 saturated carbocycles. The van der Waals surface area contributed by atoms with Crippen LogP contribution in [0, 0.1) is 0 Å². The summed E-state index contributed by atoms with van der Waals surface area (Å²) < 4.78 is 49.4. The lowest BCUT2D eigenvalue weighted by molar-refractivity contribution is -0.137. The lowest BCUT2D eigenvalue weighted by Gasteiger charge is -2.24. The maximum atomic E-state index is 13.1. The van der Waals surface area contributed by atoms with Crippen LogP contribution in [0.5, 0.6) is 11.5 Å². The second-order valence-electron chi connectivity index (χ2n) is 7.08. The number of benzene rings is 1. The highest BCUT2D eigenvalue weighted by molar-refractivity contribution is 6.33. The number of carbonyl (C=O) groups excluding carboxylic acids is 1. The molecule has 0 aliphatic carbocycles. The SMILES string of the molecule is CCOc1c(Cl)cc(C(=O)N2CCCN(c3ncc(C(F)(F)F)cc3Cl)CC2)cc1OC. The van der Waals surface area contributed by atoms with Crippen LogP contribution in [0.2, 0.25) is 10.0 Å². The zero-order valence-electron chi connectivity index (χ0n) is 17.5. The molecule has 1 saturated heterocycles. The van der Waals surface area contributed by atoms with Crippen molar-refractivity contribution in [3.05, 3.63) is 45.6 Å². The van der Waals surface area contributed by atoms with Gasteiger partial charge in [-0.25, -0.2) is 4.98 Å². The summed E-state index contributed by atoms with van der Waals surface area (Å²) in [4.78, 5) is 20.5. The van der Waals surface area contributed by atoms with Crippen LogP contribution in [0.25, 0.3) is 0 Å². The Morgan fingerprint density at radius 1 is 1.12 bits per heavy atom. The molecule has 0 N–H and O–H groups in total. The highest BCUT2D eigenvalue weighted by Gasteiger charge is 2.32. The van der Waals surface area contributed by atoms with Crippen LogP contribution in [0.3, 0.4) is 0 Å². The molecule has 0 spiro atoms. The van der Waals surface area contributed by atoms with E-state index in [0.717, 1.165) is 12.3 Å². The molecule has 2 aromatic rings. The summed E-state index contributed by atoms with van der Waals surface area (Å²) in [6.07, 6.45) is -3.16. The summed E-state index contributed by atoms with van der Waals surface area (Å²) in [5, 5.41) is 0.189. The number of ether oxygens (including phenoxy) is 2. The number of anilines is 1. The van der Waals surface area contributed by atoms with E-state index in [0.29, 0.717) is 56.3 Å². The lowest BCUT2D eigenvalue weighted by atomic mass is 10.1. The monoisotopic (exact) mass is 491 g/mol. The number of nitrogens with zero attached hydrogens (tertiary/aromatic N) is 3. The number of rotatable bonds is 5. The number of aromatic nitrogens is 1. The minimum Gasteiger partial charge on any atom is -0.493 e. The molecule has 32 heavy (non-hydrogen) atoms. The third-order valence-corrected chi connectivity index (χ3v) is 5.56. The van der Waals surface area contributed by atoms with E-state index in [9.17, 15) is 18.0 Å². The predicted molar refractivity (Wildman–Crippen MR) is 116 cm³/mol. The molecular formula is C21H22Cl2F3N3O3. The standard InChI is InChI=1S/C21H22Cl2F3N3O3/c1-3-32-18-15(22)9-13(10-17(18)31-2)20(30)29-6-4-5-28(7-8-29)19-16(23)11-14(12-27-19)21(24,25)26/h9-12H,3-8H2,1-2H3. The van der Waals surface area contributed by atoms with E-state index < -0.39 is 11.7 Å².